The van der Waals surface area contributed by atoms with Crippen LogP contribution in [0.3, 0.4) is 0 Å². The second-order valence-electron chi connectivity index (χ2n) is 9.24. The molecule has 0 bridgehead atoms. The fourth-order valence-electron chi connectivity index (χ4n) is 4.91. The first kappa shape index (κ1) is 22.9. The SMILES string of the molecule is COc1ccnc(CN2CCc3c(cc(CN4C=CN(C)C4)cc3-c3ccc(F)cc3C)C2=O)c1. The first-order valence-corrected chi connectivity index (χ1v) is 11.7. The molecular formula is C28H29FN4O2. The van der Waals surface area contributed by atoms with Gasteiger partial charge in [-0.1, -0.05) is 6.07 Å². The summed E-state index contributed by atoms with van der Waals surface area (Å²) in [6.07, 6.45) is 6.52. The predicted octanol–water partition coefficient (Wildman–Crippen LogP) is 4.58. The number of hydrogen-bond donors (Lipinski definition) is 0. The van der Waals surface area contributed by atoms with Crippen LogP contribution in [0.25, 0.3) is 11.1 Å². The summed E-state index contributed by atoms with van der Waals surface area (Å²) in [6.45, 7) is 4.41. The Hall–Kier alpha value is -3.87. The van der Waals surface area contributed by atoms with Crippen LogP contribution in [-0.4, -0.2) is 53.0 Å². The van der Waals surface area contributed by atoms with Crippen LogP contribution in [0.4, 0.5) is 4.39 Å². The number of nitrogens with zero attached hydrogens (tertiary/aromatic N) is 4. The van der Waals surface area contributed by atoms with E-state index < -0.39 is 0 Å². The Bertz CT molecular complexity index is 1310. The Morgan fingerprint density at radius 1 is 1.03 bits per heavy atom. The highest BCUT2D eigenvalue weighted by atomic mass is 19.1. The molecule has 5 rings (SSSR count). The zero-order chi connectivity index (χ0) is 24.5. The van der Waals surface area contributed by atoms with E-state index in [4.69, 9.17) is 4.74 Å². The summed E-state index contributed by atoms with van der Waals surface area (Å²) in [5.74, 6) is 0.460. The molecule has 0 atom stereocenters. The van der Waals surface area contributed by atoms with Crippen molar-refractivity contribution < 1.29 is 13.9 Å². The molecule has 0 N–H and O–H groups in total. The van der Waals surface area contributed by atoms with Crippen molar-refractivity contribution in [1.82, 2.24) is 19.7 Å². The molecule has 3 heterocycles. The van der Waals surface area contributed by atoms with E-state index in [1.165, 1.54) is 6.07 Å². The summed E-state index contributed by atoms with van der Waals surface area (Å²) in [5.41, 5.74) is 6.42. The van der Waals surface area contributed by atoms with Crippen molar-refractivity contribution in [3.8, 4) is 16.9 Å². The molecule has 0 unspecified atom stereocenters. The molecule has 0 aliphatic carbocycles. The normalized spacial score (nSPS) is 15.1. The lowest BCUT2D eigenvalue weighted by Crippen LogP contribution is -2.37. The minimum absolute atomic E-state index is 0.00665. The molecule has 6 nitrogen and oxygen atoms in total. The van der Waals surface area contributed by atoms with Crippen molar-refractivity contribution in [2.75, 3.05) is 27.4 Å². The van der Waals surface area contributed by atoms with Gasteiger partial charge in [0.05, 0.1) is 26.0 Å². The van der Waals surface area contributed by atoms with Crippen LogP contribution in [0.5, 0.6) is 5.75 Å². The summed E-state index contributed by atoms with van der Waals surface area (Å²) >= 11 is 0. The van der Waals surface area contributed by atoms with Gasteiger partial charge in [0.2, 0.25) is 0 Å². The maximum Gasteiger partial charge on any atom is 0.254 e. The molecule has 0 spiro atoms. The van der Waals surface area contributed by atoms with Gasteiger partial charge in [0.25, 0.3) is 5.91 Å². The number of aromatic nitrogens is 1. The summed E-state index contributed by atoms with van der Waals surface area (Å²) in [4.78, 5) is 24.3. The van der Waals surface area contributed by atoms with Crippen molar-refractivity contribution >= 4 is 5.91 Å². The molecule has 180 valence electrons. The monoisotopic (exact) mass is 472 g/mol. The summed E-state index contributed by atoms with van der Waals surface area (Å²) < 4.78 is 19.2. The zero-order valence-corrected chi connectivity index (χ0v) is 20.3. The number of benzene rings is 2. The van der Waals surface area contributed by atoms with Gasteiger partial charge in [0.1, 0.15) is 11.6 Å². The van der Waals surface area contributed by atoms with Crippen LogP contribution < -0.4 is 4.74 Å². The van der Waals surface area contributed by atoms with E-state index in [0.29, 0.717) is 25.2 Å². The minimum Gasteiger partial charge on any atom is -0.497 e. The predicted molar refractivity (Wildman–Crippen MR) is 133 cm³/mol. The van der Waals surface area contributed by atoms with Gasteiger partial charge in [0.15, 0.2) is 0 Å². The Morgan fingerprint density at radius 3 is 2.60 bits per heavy atom. The number of ether oxygens (including phenoxy) is 1. The average Bonchev–Trinajstić information content (AvgIpc) is 3.25. The lowest BCUT2D eigenvalue weighted by molar-refractivity contribution is 0.0724. The number of carbonyl (C=O) groups excluding carboxylic acids is 1. The Labute approximate surface area is 205 Å². The number of fused-ring (bicyclic) bond motifs is 1. The molecule has 2 aliphatic heterocycles. The highest BCUT2D eigenvalue weighted by Gasteiger charge is 2.28. The lowest BCUT2D eigenvalue weighted by Gasteiger charge is -2.31. The highest BCUT2D eigenvalue weighted by Crippen LogP contribution is 2.35. The van der Waals surface area contributed by atoms with Gasteiger partial charge in [-0.15, -0.1) is 0 Å². The largest absolute Gasteiger partial charge is 0.497 e. The van der Waals surface area contributed by atoms with E-state index in [0.717, 1.165) is 52.4 Å². The summed E-state index contributed by atoms with van der Waals surface area (Å²) in [7, 11) is 3.65. The zero-order valence-electron chi connectivity index (χ0n) is 20.3. The molecule has 1 amide bonds. The van der Waals surface area contributed by atoms with Crippen LogP contribution in [0, 0.1) is 12.7 Å². The van der Waals surface area contributed by atoms with Gasteiger partial charge in [-0.05, 0) is 71.5 Å². The van der Waals surface area contributed by atoms with Gasteiger partial charge in [-0.25, -0.2) is 4.39 Å². The highest BCUT2D eigenvalue weighted by molar-refractivity contribution is 5.99. The topological polar surface area (TPSA) is 48.9 Å². The number of halogens is 1. The van der Waals surface area contributed by atoms with Gasteiger partial charge in [0, 0.05) is 50.4 Å². The van der Waals surface area contributed by atoms with Gasteiger partial charge in [-0.3, -0.25) is 9.78 Å². The Morgan fingerprint density at radius 2 is 1.86 bits per heavy atom. The molecule has 0 saturated carbocycles. The van der Waals surface area contributed by atoms with E-state index in [1.54, 1.807) is 25.4 Å². The standard InChI is InChI=1S/C28H29FN4O2/c1-19-12-21(29)4-5-24(19)26-13-20(16-32-11-10-31(2)18-32)14-27-25(26)7-9-33(28(27)34)17-22-15-23(35-3)6-8-30-22/h4-6,8,10-15H,7,9,16-18H2,1-3H3. The summed E-state index contributed by atoms with van der Waals surface area (Å²) in [5, 5.41) is 0. The molecule has 3 aromatic rings. The average molecular weight is 473 g/mol. The number of methoxy groups -OCH3 is 1. The lowest BCUT2D eigenvalue weighted by atomic mass is 9.86. The van der Waals surface area contributed by atoms with E-state index in [2.05, 4.69) is 27.1 Å². The molecule has 35 heavy (non-hydrogen) atoms. The molecule has 1 aromatic heterocycles. The van der Waals surface area contributed by atoms with Gasteiger partial charge in [-0.2, -0.15) is 0 Å². The van der Waals surface area contributed by atoms with E-state index in [9.17, 15) is 9.18 Å². The smallest absolute Gasteiger partial charge is 0.254 e. The molecule has 0 saturated heterocycles. The van der Waals surface area contributed by atoms with E-state index >= 15 is 0 Å². The van der Waals surface area contributed by atoms with Crippen molar-refractivity contribution in [2.24, 2.45) is 0 Å². The third-order valence-electron chi connectivity index (χ3n) is 6.64. The van der Waals surface area contributed by atoms with Crippen molar-refractivity contribution in [1.29, 1.82) is 0 Å². The second kappa shape index (κ2) is 9.41. The van der Waals surface area contributed by atoms with Crippen molar-refractivity contribution in [2.45, 2.75) is 26.4 Å². The number of amides is 1. The maximum atomic E-state index is 13.9. The fraction of sp³-hybridized carbons (Fsp3) is 0.286. The number of hydrogen-bond acceptors (Lipinski definition) is 5. The Balaban J connectivity index is 1.53. The molecule has 0 radical (unpaired) electrons. The van der Waals surface area contributed by atoms with Crippen LogP contribution in [0.2, 0.25) is 0 Å². The molecule has 2 aromatic carbocycles. The minimum atomic E-state index is -0.255. The number of carbonyl (C=O) groups is 1. The quantitative estimate of drug-likeness (QED) is 0.526. The number of pyridine rings is 1. The van der Waals surface area contributed by atoms with Crippen LogP contribution in [-0.2, 0) is 19.5 Å². The van der Waals surface area contributed by atoms with Crippen molar-refractivity contribution in [3.63, 3.8) is 0 Å². The summed E-state index contributed by atoms with van der Waals surface area (Å²) in [6, 6.07) is 12.7. The molecule has 7 heteroatoms. The van der Waals surface area contributed by atoms with Crippen LogP contribution in [0.15, 0.2) is 61.1 Å². The second-order valence-corrected chi connectivity index (χ2v) is 9.24. The van der Waals surface area contributed by atoms with E-state index in [-0.39, 0.29) is 11.7 Å². The molecule has 2 aliphatic rings. The third kappa shape index (κ3) is 4.71. The van der Waals surface area contributed by atoms with Crippen LogP contribution in [0.1, 0.15) is 32.7 Å². The fourth-order valence-corrected chi connectivity index (χ4v) is 4.91. The van der Waals surface area contributed by atoms with Crippen LogP contribution >= 0.6 is 0 Å². The first-order valence-electron chi connectivity index (χ1n) is 11.7. The first-order chi connectivity index (χ1) is 16.9. The van der Waals surface area contributed by atoms with E-state index in [1.807, 2.05) is 43.3 Å². The molecule has 0 fully saturated rings. The number of rotatable bonds is 6. The third-order valence-corrected chi connectivity index (χ3v) is 6.64. The molecular weight excluding hydrogens is 443 g/mol. The maximum absolute atomic E-state index is 13.9. The van der Waals surface area contributed by atoms with Crippen molar-refractivity contribution in [3.05, 3.63) is 94.8 Å². The van der Waals surface area contributed by atoms with Gasteiger partial charge >= 0.3 is 0 Å². The van der Waals surface area contributed by atoms with Gasteiger partial charge < -0.3 is 19.4 Å². The number of aryl methyl sites for hydroxylation is 1. The Kier molecular flexibility index (Phi) is 6.16.